The summed E-state index contributed by atoms with van der Waals surface area (Å²) in [6.45, 7) is 0. The van der Waals surface area contributed by atoms with Gasteiger partial charge in [0, 0.05) is 18.8 Å². The molecular weight excluding hydrogens is 446 g/mol. The Hall–Kier alpha value is -3.51. The molecule has 2 aromatic carbocycles. The van der Waals surface area contributed by atoms with Gasteiger partial charge in [0.05, 0.1) is 27.1 Å². The molecule has 0 bridgehead atoms. The minimum absolute atomic E-state index is 0.0391. The van der Waals surface area contributed by atoms with Gasteiger partial charge in [0.2, 0.25) is 0 Å². The minimum atomic E-state index is -4.12. The van der Waals surface area contributed by atoms with Crippen molar-refractivity contribution in [2.75, 3.05) is 0 Å². The first-order valence-electron chi connectivity index (χ1n) is 9.04. The molecule has 0 aliphatic rings. The highest BCUT2D eigenvalue weighted by Gasteiger charge is 2.42. The molecule has 2 heterocycles. The van der Waals surface area contributed by atoms with Crippen LogP contribution in [0.4, 0.5) is 17.6 Å². The van der Waals surface area contributed by atoms with Gasteiger partial charge >= 0.3 is 5.92 Å². The monoisotopic (exact) mass is 461 g/mol. The lowest BCUT2D eigenvalue weighted by Gasteiger charge is -2.20. The van der Waals surface area contributed by atoms with Crippen LogP contribution in [0, 0.1) is 22.5 Å². The molecule has 7 nitrogen and oxygen atoms in total. The van der Waals surface area contributed by atoms with Gasteiger partial charge in [-0.15, -0.1) is 0 Å². The summed E-state index contributed by atoms with van der Waals surface area (Å²) in [5, 5.41) is 29.1. The maximum atomic E-state index is 15.2. The lowest BCUT2D eigenvalue weighted by atomic mass is 10.0. The summed E-state index contributed by atoms with van der Waals surface area (Å²) in [7, 11) is 1.53. The number of hydrogen-bond donors (Lipinski definition) is 3. The van der Waals surface area contributed by atoms with Crippen molar-refractivity contribution in [3.8, 4) is 11.3 Å². The summed E-state index contributed by atoms with van der Waals surface area (Å²) in [6, 6.07) is 8.54. The van der Waals surface area contributed by atoms with E-state index in [1.165, 1.54) is 42.2 Å². The number of hydrogen-bond acceptors (Lipinski definition) is 6. The van der Waals surface area contributed by atoms with Gasteiger partial charge in [-0.2, -0.15) is 23.7 Å². The number of aryl methyl sites for hydroxylation is 1. The number of aromatic nitrogens is 4. The fraction of sp³-hybridized carbons (Fsp3) is 0.100. The smallest absolute Gasteiger partial charge is 0.283 e. The third kappa shape index (κ3) is 3.56. The second kappa shape index (κ2) is 7.88. The number of rotatable bonds is 4. The van der Waals surface area contributed by atoms with E-state index in [9.17, 15) is 8.78 Å². The van der Waals surface area contributed by atoms with Gasteiger partial charge in [-0.1, -0.05) is 6.07 Å². The first-order valence-corrected chi connectivity index (χ1v) is 9.92. The van der Waals surface area contributed by atoms with E-state index in [0.29, 0.717) is 16.6 Å². The van der Waals surface area contributed by atoms with Crippen molar-refractivity contribution in [3.05, 3.63) is 71.3 Å². The zero-order chi connectivity index (χ0) is 23.2. The molecule has 0 saturated carbocycles. The first-order chi connectivity index (χ1) is 15.1. The van der Waals surface area contributed by atoms with Gasteiger partial charge in [0.25, 0.3) is 0 Å². The summed E-state index contributed by atoms with van der Waals surface area (Å²) in [5.74, 6) is -7.40. The Balaban J connectivity index is 1.79. The predicted molar refractivity (Wildman–Crippen MR) is 111 cm³/mol. The number of nitrogens with one attached hydrogen (secondary N) is 2. The fourth-order valence-corrected chi connectivity index (χ4v) is 3.50. The predicted octanol–water partition coefficient (Wildman–Crippen LogP) is 3.78. The van der Waals surface area contributed by atoms with Crippen LogP contribution in [0.2, 0.25) is 0 Å². The largest absolute Gasteiger partial charge is 0.334 e. The Morgan fingerprint density at radius 3 is 2.53 bits per heavy atom. The fourth-order valence-electron chi connectivity index (χ4n) is 3.19. The van der Waals surface area contributed by atoms with Crippen molar-refractivity contribution < 1.29 is 17.6 Å². The van der Waals surface area contributed by atoms with Crippen LogP contribution >= 0.6 is 11.9 Å². The van der Waals surface area contributed by atoms with Crippen LogP contribution in [-0.2, 0) is 13.0 Å². The molecule has 0 fully saturated rings. The number of nitrogens with zero attached hydrogens (tertiary/aromatic N) is 4. The molecule has 0 aliphatic carbocycles. The highest BCUT2D eigenvalue weighted by molar-refractivity contribution is 7.97. The molecule has 12 heteroatoms. The van der Waals surface area contributed by atoms with Crippen LogP contribution in [0.15, 0.2) is 53.6 Å². The first kappa shape index (κ1) is 21.7. The molecule has 4 N–H and O–H groups in total. The molecule has 4 rings (SSSR count). The van der Waals surface area contributed by atoms with E-state index in [2.05, 4.69) is 10.2 Å². The Labute approximate surface area is 182 Å². The topological polar surface area (TPSA) is 109 Å². The van der Waals surface area contributed by atoms with Crippen LogP contribution in [-0.4, -0.2) is 25.4 Å². The normalized spacial score (nSPS) is 11.8. The quantitative estimate of drug-likeness (QED) is 0.186. The summed E-state index contributed by atoms with van der Waals surface area (Å²) in [4.78, 5) is 0.180. The molecule has 0 aliphatic heterocycles. The molecular formula is C20H15F4N7S. The van der Waals surface area contributed by atoms with Crippen LogP contribution < -0.4 is 10.6 Å². The van der Waals surface area contributed by atoms with Gasteiger partial charge < -0.3 is 0 Å². The molecule has 0 saturated heterocycles. The van der Waals surface area contributed by atoms with E-state index in [1.54, 1.807) is 0 Å². The molecule has 2 aromatic heterocycles. The third-order valence-corrected chi connectivity index (χ3v) is 5.36. The van der Waals surface area contributed by atoms with Crippen molar-refractivity contribution in [1.82, 2.24) is 19.6 Å². The number of benzene rings is 2. The average molecular weight is 461 g/mol. The van der Waals surface area contributed by atoms with Crippen molar-refractivity contribution in [2.45, 2.75) is 10.8 Å². The molecule has 0 amide bonds. The van der Waals surface area contributed by atoms with Gasteiger partial charge in [0.15, 0.2) is 5.84 Å². The van der Waals surface area contributed by atoms with Crippen molar-refractivity contribution >= 4 is 28.7 Å². The Morgan fingerprint density at radius 1 is 1.09 bits per heavy atom. The van der Waals surface area contributed by atoms with Crippen LogP contribution in [0.25, 0.3) is 22.2 Å². The Bertz CT molecular complexity index is 1430. The maximum absolute atomic E-state index is 15.2. The number of nitrogens with two attached hydrogens (primary N) is 1. The number of halogens is 4. The van der Waals surface area contributed by atoms with Gasteiger partial charge in [0.1, 0.15) is 17.1 Å². The summed E-state index contributed by atoms with van der Waals surface area (Å²) in [5.41, 5.74) is -1.12. The molecule has 0 radical (unpaired) electrons. The standard InChI is InChI=1S/C20H15F4N7S/c1-30-9-11-15(28-30)4-3-12(18(11)22)20(23,24)19(26)31-17(25)7-5-14(29-31)10-2-6-16(32-27)13(21)8-10/h2-9,25-26H,27H2,1H3. The highest BCUT2D eigenvalue weighted by atomic mass is 32.2. The molecule has 0 unspecified atom stereocenters. The van der Waals surface area contributed by atoms with Crippen LogP contribution in [0.1, 0.15) is 5.56 Å². The second-order valence-corrected chi connectivity index (χ2v) is 7.54. The van der Waals surface area contributed by atoms with Crippen molar-refractivity contribution in [2.24, 2.45) is 12.2 Å². The van der Waals surface area contributed by atoms with Gasteiger partial charge in [-0.3, -0.25) is 20.6 Å². The second-order valence-electron chi connectivity index (χ2n) is 6.86. The molecule has 0 spiro atoms. The Morgan fingerprint density at radius 2 is 1.84 bits per heavy atom. The maximum Gasteiger partial charge on any atom is 0.334 e. The minimum Gasteiger partial charge on any atom is -0.283 e. The molecule has 32 heavy (non-hydrogen) atoms. The SMILES string of the molecule is Cn1cc2c(F)c(C(F)(F)C(=N)n3nc(-c4ccc(SN)c(F)c4)ccc3=N)ccc2n1. The van der Waals surface area contributed by atoms with Gasteiger partial charge in [-0.25, -0.2) is 8.78 Å². The lowest BCUT2D eigenvalue weighted by Crippen LogP contribution is -2.40. The average Bonchev–Trinajstić information content (AvgIpc) is 3.15. The van der Waals surface area contributed by atoms with E-state index < -0.39 is 34.4 Å². The van der Waals surface area contributed by atoms with Crippen molar-refractivity contribution in [3.63, 3.8) is 0 Å². The summed E-state index contributed by atoms with van der Waals surface area (Å²) in [6.07, 6.45) is 1.26. The van der Waals surface area contributed by atoms with Crippen LogP contribution in [0.5, 0.6) is 0 Å². The van der Waals surface area contributed by atoms with E-state index in [4.69, 9.17) is 16.0 Å². The zero-order valence-corrected chi connectivity index (χ0v) is 17.2. The van der Waals surface area contributed by atoms with E-state index >= 15 is 8.78 Å². The summed E-state index contributed by atoms with van der Waals surface area (Å²) < 4.78 is 61.0. The van der Waals surface area contributed by atoms with Crippen molar-refractivity contribution in [1.29, 1.82) is 10.8 Å². The van der Waals surface area contributed by atoms with E-state index in [-0.39, 0.29) is 27.1 Å². The van der Waals surface area contributed by atoms with E-state index in [1.807, 2.05) is 0 Å². The third-order valence-electron chi connectivity index (χ3n) is 4.78. The van der Waals surface area contributed by atoms with Crippen LogP contribution in [0.3, 0.4) is 0 Å². The number of fused-ring (bicyclic) bond motifs is 1. The molecule has 0 atom stereocenters. The highest BCUT2D eigenvalue weighted by Crippen LogP contribution is 2.34. The van der Waals surface area contributed by atoms with Gasteiger partial charge in [-0.05, 0) is 48.3 Å². The zero-order valence-electron chi connectivity index (χ0n) is 16.4. The van der Waals surface area contributed by atoms with E-state index in [0.717, 1.165) is 18.2 Å². The molecule has 4 aromatic rings. The lowest BCUT2D eigenvalue weighted by molar-refractivity contribution is 0.0657. The Kier molecular flexibility index (Phi) is 5.34. The number of alkyl halides is 2. The summed E-state index contributed by atoms with van der Waals surface area (Å²) >= 11 is 0.709. The molecule has 164 valence electrons.